The fourth-order valence-electron chi connectivity index (χ4n) is 2.30. The van der Waals surface area contributed by atoms with Crippen molar-refractivity contribution in [3.63, 3.8) is 0 Å². The van der Waals surface area contributed by atoms with E-state index in [0.717, 1.165) is 31.6 Å². The van der Waals surface area contributed by atoms with Crippen molar-refractivity contribution >= 4 is 12.4 Å². The van der Waals surface area contributed by atoms with Gasteiger partial charge in [0, 0.05) is 19.7 Å². The van der Waals surface area contributed by atoms with E-state index in [-0.39, 0.29) is 12.4 Å². The molecule has 1 N–H and O–H groups in total. The predicted octanol–water partition coefficient (Wildman–Crippen LogP) is 1.38. The third kappa shape index (κ3) is 5.00. The molecule has 1 heterocycles. The lowest BCUT2D eigenvalue weighted by Gasteiger charge is -2.15. The zero-order valence-electron chi connectivity index (χ0n) is 10.3. The van der Waals surface area contributed by atoms with Gasteiger partial charge in [0.15, 0.2) is 0 Å². The van der Waals surface area contributed by atoms with Gasteiger partial charge in [-0.15, -0.1) is 12.4 Å². The minimum atomic E-state index is 0. The van der Waals surface area contributed by atoms with Crippen LogP contribution in [-0.2, 0) is 4.74 Å². The van der Waals surface area contributed by atoms with E-state index in [1.165, 1.54) is 38.9 Å². The zero-order chi connectivity index (χ0) is 10.5. The summed E-state index contributed by atoms with van der Waals surface area (Å²) in [4.78, 5) is 2.54. The van der Waals surface area contributed by atoms with Crippen molar-refractivity contribution < 1.29 is 4.74 Å². The molecule has 96 valence electrons. The molecule has 0 bridgehead atoms. The minimum Gasteiger partial charge on any atom is -0.380 e. The Kier molecular flexibility index (Phi) is 6.66. The van der Waals surface area contributed by atoms with Crippen molar-refractivity contribution in [1.29, 1.82) is 0 Å². The lowest BCUT2D eigenvalue weighted by Crippen LogP contribution is -2.27. The molecule has 1 aliphatic carbocycles. The van der Waals surface area contributed by atoms with Crippen LogP contribution in [0, 0.1) is 11.8 Å². The first-order valence-corrected chi connectivity index (χ1v) is 6.33. The summed E-state index contributed by atoms with van der Waals surface area (Å²) >= 11 is 0. The van der Waals surface area contributed by atoms with Gasteiger partial charge in [0.2, 0.25) is 0 Å². The van der Waals surface area contributed by atoms with Crippen LogP contribution in [0.15, 0.2) is 0 Å². The van der Waals surface area contributed by atoms with Gasteiger partial charge in [0.1, 0.15) is 0 Å². The van der Waals surface area contributed by atoms with Crippen LogP contribution >= 0.6 is 12.4 Å². The van der Waals surface area contributed by atoms with Gasteiger partial charge in [-0.3, -0.25) is 0 Å². The van der Waals surface area contributed by atoms with E-state index < -0.39 is 0 Å². The van der Waals surface area contributed by atoms with Crippen LogP contribution in [0.3, 0.4) is 0 Å². The maximum atomic E-state index is 5.66. The molecule has 1 saturated carbocycles. The Hall–Kier alpha value is 0.170. The molecule has 16 heavy (non-hydrogen) atoms. The van der Waals surface area contributed by atoms with E-state index >= 15 is 0 Å². The number of ether oxygens (including phenoxy) is 1. The second-order valence-corrected chi connectivity index (χ2v) is 5.03. The summed E-state index contributed by atoms with van der Waals surface area (Å²) < 4.78 is 5.66. The molecule has 1 aliphatic heterocycles. The molecule has 0 spiro atoms. The topological polar surface area (TPSA) is 24.5 Å². The van der Waals surface area contributed by atoms with Crippen molar-refractivity contribution in [2.45, 2.75) is 19.3 Å². The maximum Gasteiger partial charge on any atom is 0.0593 e. The molecule has 4 heteroatoms. The SMILES string of the molecule is CNCC1CCN(CCOCC2CC2)C1.Cl. The first kappa shape index (κ1) is 14.2. The number of halogens is 1. The average Bonchev–Trinajstić information content (AvgIpc) is 2.95. The fourth-order valence-corrected chi connectivity index (χ4v) is 2.30. The highest BCUT2D eigenvalue weighted by atomic mass is 35.5. The summed E-state index contributed by atoms with van der Waals surface area (Å²) in [6.07, 6.45) is 4.14. The van der Waals surface area contributed by atoms with Crippen molar-refractivity contribution in [2.75, 3.05) is 46.4 Å². The normalized spacial score (nSPS) is 25.7. The molecule has 0 amide bonds. The van der Waals surface area contributed by atoms with Crippen molar-refractivity contribution in [3.8, 4) is 0 Å². The molecule has 1 saturated heterocycles. The Bertz CT molecular complexity index is 188. The molecular formula is C12H25ClN2O. The van der Waals surface area contributed by atoms with Crippen LogP contribution in [0.4, 0.5) is 0 Å². The largest absolute Gasteiger partial charge is 0.380 e. The van der Waals surface area contributed by atoms with Crippen LogP contribution < -0.4 is 5.32 Å². The highest BCUT2D eigenvalue weighted by molar-refractivity contribution is 5.85. The van der Waals surface area contributed by atoms with Crippen LogP contribution in [0.1, 0.15) is 19.3 Å². The van der Waals surface area contributed by atoms with Gasteiger partial charge in [0.05, 0.1) is 6.61 Å². The van der Waals surface area contributed by atoms with E-state index in [9.17, 15) is 0 Å². The Balaban J connectivity index is 0.00000128. The second-order valence-electron chi connectivity index (χ2n) is 5.03. The smallest absolute Gasteiger partial charge is 0.0593 e. The van der Waals surface area contributed by atoms with E-state index in [1.807, 2.05) is 7.05 Å². The van der Waals surface area contributed by atoms with Crippen LogP contribution in [0.5, 0.6) is 0 Å². The summed E-state index contributed by atoms with van der Waals surface area (Å²) in [6.45, 7) is 6.76. The van der Waals surface area contributed by atoms with Crippen LogP contribution in [0.2, 0.25) is 0 Å². The number of nitrogens with one attached hydrogen (secondary N) is 1. The van der Waals surface area contributed by atoms with Crippen molar-refractivity contribution in [1.82, 2.24) is 10.2 Å². The molecule has 1 unspecified atom stereocenters. The molecule has 2 aliphatic rings. The zero-order valence-corrected chi connectivity index (χ0v) is 11.1. The molecule has 3 nitrogen and oxygen atoms in total. The molecule has 1 atom stereocenters. The highest BCUT2D eigenvalue weighted by Gasteiger charge is 2.23. The van der Waals surface area contributed by atoms with Gasteiger partial charge < -0.3 is 15.0 Å². The van der Waals surface area contributed by atoms with E-state index in [4.69, 9.17) is 4.74 Å². The van der Waals surface area contributed by atoms with Gasteiger partial charge in [-0.05, 0) is 51.2 Å². The van der Waals surface area contributed by atoms with Gasteiger partial charge in [-0.2, -0.15) is 0 Å². The minimum absolute atomic E-state index is 0. The van der Waals surface area contributed by atoms with Crippen molar-refractivity contribution in [2.24, 2.45) is 11.8 Å². The van der Waals surface area contributed by atoms with E-state index in [1.54, 1.807) is 0 Å². The highest BCUT2D eigenvalue weighted by Crippen LogP contribution is 2.28. The predicted molar refractivity (Wildman–Crippen MR) is 69.3 cm³/mol. The summed E-state index contributed by atoms with van der Waals surface area (Å²) in [5.74, 6) is 1.76. The van der Waals surface area contributed by atoms with Crippen molar-refractivity contribution in [3.05, 3.63) is 0 Å². The van der Waals surface area contributed by atoms with Gasteiger partial charge in [-0.1, -0.05) is 0 Å². The lowest BCUT2D eigenvalue weighted by atomic mass is 10.1. The third-order valence-electron chi connectivity index (χ3n) is 3.47. The second kappa shape index (κ2) is 7.49. The van der Waals surface area contributed by atoms with E-state index in [0.29, 0.717) is 0 Å². The number of hydrogen-bond donors (Lipinski definition) is 1. The quantitative estimate of drug-likeness (QED) is 0.689. The average molecular weight is 249 g/mol. The maximum absolute atomic E-state index is 5.66. The van der Waals surface area contributed by atoms with Gasteiger partial charge >= 0.3 is 0 Å². The van der Waals surface area contributed by atoms with Gasteiger partial charge in [-0.25, -0.2) is 0 Å². The Morgan fingerprint density at radius 3 is 2.75 bits per heavy atom. The Labute approximate surface area is 105 Å². The Morgan fingerprint density at radius 1 is 1.25 bits per heavy atom. The van der Waals surface area contributed by atoms with Gasteiger partial charge in [0.25, 0.3) is 0 Å². The van der Waals surface area contributed by atoms with Crippen LogP contribution in [0.25, 0.3) is 0 Å². The monoisotopic (exact) mass is 248 g/mol. The van der Waals surface area contributed by atoms with Crippen LogP contribution in [-0.4, -0.2) is 51.3 Å². The summed E-state index contributed by atoms with van der Waals surface area (Å²) in [7, 11) is 2.04. The van der Waals surface area contributed by atoms with E-state index in [2.05, 4.69) is 10.2 Å². The standard InChI is InChI=1S/C12H24N2O.ClH/c1-13-8-12-4-5-14(9-12)6-7-15-10-11-2-3-11;/h11-13H,2-10H2,1H3;1H. The third-order valence-corrected chi connectivity index (χ3v) is 3.47. The summed E-state index contributed by atoms with van der Waals surface area (Å²) in [6, 6.07) is 0. The fraction of sp³-hybridized carbons (Fsp3) is 1.00. The number of nitrogens with zero attached hydrogens (tertiary/aromatic N) is 1. The molecule has 0 aromatic heterocycles. The summed E-state index contributed by atoms with van der Waals surface area (Å²) in [5, 5.41) is 3.26. The molecule has 0 aromatic rings. The first-order chi connectivity index (χ1) is 7.38. The molecule has 0 aromatic carbocycles. The summed E-state index contributed by atoms with van der Waals surface area (Å²) in [5.41, 5.74) is 0. The Morgan fingerprint density at radius 2 is 2.06 bits per heavy atom. The molecule has 2 fully saturated rings. The molecular weight excluding hydrogens is 224 g/mol. The first-order valence-electron chi connectivity index (χ1n) is 6.33. The number of rotatable bonds is 7. The molecule has 2 rings (SSSR count). The number of hydrogen-bond acceptors (Lipinski definition) is 3. The lowest BCUT2D eigenvalue weighted by molar-refractivity contribution is 0.102. The number of likely N-dealkylation sites (tertiary alicyclic amines) is 1. The molecule has 0 radical (unpaired) electrons.